The van der Waals surface area contributed by atoms with Gasteiger partial charge in [0.05, 0.1) is 5.02 Å². The van der Waals surface area contributed by atoms with Crippen molar-refractivity contribution in [2.45, 2.75) is 13.8 Å². The Kier molecular flexibility index (Phi) is 7.76. The maximum Gasteiger partial charge on any atom is 0.326 e. The summed E-state index contributed by atoms with van der Waals surface area (Å²) in [6, 6.07) is 18.4. The average Bonchev–Trinajstić information content (AvgIpc) is 2.86. The molecule has 0 radical (unpaired) electrons. The molecule has 0 unspecified atom stereocenters. The number of hydrogen-bond donors (Lipinski definition) is 2. The van der Waals surface area contributed by atoms with Crippen molar-refractivity contribution in [3.8, 4) is 22.6 Å². The number of rotatable bonds is 5. The highest BCUT2D eigenvalue weighted by molar-refractivity contribution is 6.33. The van der Waals surface area contributed by atoms with E-state index in [-0.39, 0.29) is 10.7 Å². The van der Waals surface area contributed by atoms with Gasteiger partial charge in [0.25, 0.3) is 5.91 Å². The third-order valence-corrected chi connectivity index (χ3v) is 6.25. The first kappa shape index (κ1) is 26.1. The molecule has 4 aromatic carbocycles. The van der Waals surface area contributed by atoms with Gasteiger partial charge >= 0.3 is 6.03 Å². The van der Waals surface area contributed by atoms with Crippen molar-refractivity contribution in [3.05, 3.63) is 111 Å². The van der Waals surface area contributed by atoms with Gasteiger partial charge in [-0.1, -0.05) is 59.6 Å². The number of anilines is 1. The van der Waals surface area contributed by atoms with Crippen molar-refractivity contribution in [1.82, 2.24) is 5.32 Å². The molecular weight excluding hydrogens is 521 g/mol. The molecule has 4 rings (SSSR count). The summed E-state index contributed by atoms with van der Waals surface area (Å²) in [4.78, 5) is 24.7. The van der Waals surface area contributed by atoms with Gasteiger partial charge in [-0.15, -0.1) is 0 Å². The molecule has 0 aromatic heterocycles. The van der Waals surface area contributed by atoms with E-state index in [0.717, 1.165) is 29.3 Å². The molecular formula is C28H20Cl2F2N2O3. The number of ether oxygens (including phenoxy) is 1. The Morgan fingerprint density at radius 2 is 1.54 bits per heavy atom. The van der Waals surface area contributed by atoms with Crippen LogP contribution in [0.15, 0.2) is 72.8 Å². The van der Waals surface area contributed by atoms with E-state index in [1.165, 1.54) is 0 Å². The number of carbonyl (C=O) groups excluding carboxylic acids is 2. The van der Waals surface area contributed by atoms with Crippen LogP contribution in [0, 0.1) is 25.5 Å². The molecule has 0 aliphatic rings. The second kappa shape index (κ2) is 11.0. The van der Waals surface area contributed by atoms with Gasteiger partial charge < -0.3 is 10.1 Å². The van der Waals surface area contributed by atoms with Crippen LogP contribution in [0.4, 0.5) is 19.3 Å². The van der Waals surface area contributed by atoms with Crippen LogP contribution < -0.4 is 15.4 Å². The van der Waals surface area contributed by atoms with Crippen LogP contribution in [0.25, 0.3) is 11.1 Å². The summed E-state index contributed by atoms with van der Waals surface area (Å²) in [6.45, 7) is 3.39. The summed E-state index contributed by atoms with van der Waals surface area (Å²) >= 11 is 12.8. The summed E-state index contributed by atoms with van der Waals surface area (Å²) in [5.74, 6) is -2.49. The minimum Gasteiger partial charge on any atom is -0.455 e. The van der Waals surface area contributed by atoms with E-state index in [4.69, 9.17) is 27.9 Å². The van der Waals surface area contributed by atoms with Crippen molar-refractivity contribution >= 4 is 40.8 Å². The van der Waals surface area contributed by atoms with E-state index in [2.05, 4.69) is 5.32 Å². The Morgan fingerprint density at radius 3 is 2.22 bits per heavy atom. The summed E-state index contributed by atoms with van der Waals surface area (Å²) in [5.41, 5.74) is 2.14. The van der Waals surface area contributed by atoms with Crippen molar-refractivity contribution < 1.29 is 23.1 Å². The molecule has 0 saturated heterocycles. The van der Waals surface area contributed by atoms with Crippen LogP contribution in [0.1, 0.15) is 21.5 Å². The molecule has 5 nitrogen and oxygen atoms in total. The molecule has 0 saturated carbocycles. The van der Waals surface area contributed by atoms with Crippen LogP contribution in [-0.4, -0.2) is 11.9 Å². The standard InChI is InChI=1S/C28H20Cl2F2N2O3/c1-15-13-22(33-28(36)34-27(35)24-20(31)9-6-10-21(24)32)16(2)25(30)26(15)37-23-12-11-18(29)14-19(23)17-7-4-3-5-8-17/h3-14H,1-2H3,(H2,33,34,35,36). The average molecular weight is 541 g/mol. The summed E-state index contributed by atoms with van der Waals surface area (Å²) in [6.07, 6.45) is 0. The topological polar surface area (TPSA) is 67.4 Å². The largest absolute Gasteiger partial charge is 0.455 e. The van der Waals surface area contributed by atoms with Crippen LogP contribution in [-0.2, 0) is 0 Å². The summed E-state index contributed by atoms with van der Waals surface area (Å²) < 4.78 is 33.9. The quantitative estimate of drug-likeness (QED) is 0.267. The first-order chi connectivity index (χ1) is 17.7. The number of hydrogen-bond acceptors (Lipinski definition) is 3. The fourth-order valence-corrected chi connectivity index (χ4v) is 4.15. The van der Waals surface area contributed by atoms with Gasteiger partial charge in [0.15, 0.2) is 0 Å². The zero-order valence-corrected chi connectivity index (χ0v) is 21.2. The molecule has 0 aliphatic heterocycles. The smallest absolute Gasteiger partial charge is 0.326 e. The minimum atomic E-state index is -1.22. The van der Waals surface area contributed by atoms with Crippen LogP contribution in [0.5, 0.6) is 11.5 Å². The Morgan fingerprint density at radius 1 is 0.865 bits per heavy atom. The van der Waals surface area contributed by atoms with Crippen molar-refractivity contribution in [2.75, 3.05) is 5.32 Å². The molecule has 3 amide bonds. The van der Waals surface area contributed by atoms with Crippen LogP contribution in [0.2, 0.25) is 10.0 Å². The lowest BCUT2D eigenvalue weighted by Crippen LogP contribution is -2.35. The predicted octanol–water partition coefficient (Wildman–Crippen LogP) is 8.31. The number of imide groups is 1. The molecule has 0 heterocycles. The van der Waals surface area contributed by atoms with Crippen LogP contribution in [0.3, 0.4) is 0 Å². The van der Waals surface area contributed by atoms with Crippen LogP contribution >= 0.6 is 23.2 Å². The maximum atomic E-state index is 13.9. The molecule has 0 aliphatic carbocycles. The third-order valence-electron chi connectivity index (χ3n) is 5.56. The molecule has 0 bridgehead atoms. The zero-order chi connectivity index (χ0) is 26.7. The second-order valence-corrected chi connectivity index (χ2v) is 8.94. The van der Waals surface area contributed by atoms with E-state index < -0.39 is 29.1 Å². The number of benzene rings is 4. The molecule has 0 fully saturated rings. The van der Waals surface area contributed by atoms with Gasteiger partial charge in [0.2, 0.25) is 0 Å². The number of carbonyl (C=O) groups is 2. The molecule has 2 N–H and O–H groups in total. The molecule has 4 aromatic rings. The molecule has 0 spiro atoms. The first-order valence-corrected chi connectivity index (χ1v) is 11.8. The Labute approximate surface area is 222 Å². The van der Waals surface area contributed by atoms with E-state index in [1.54, 1.807) is 38.1 Å². The highest BCUT2D eigenvalue weighted by Crippen LogP contribution is 2.42. The molecule has 0 atom stereocenters. The van der Waals surface area contributed by atoms with Gasteiger partial charge in [0, 0.05) is 16.3 Å². The molecule has 188 valence electrons. The van der Waals surface area contributed by atoms with Gasteiger partial charge in [-0.25, -0.2) is 13.6 Å². The van der Waals surface area contributed by atoms with Gasteiger partial charge in [-0.3, -0.25) is 10.1 Å². The van der Waals surface area contributed by atoms with Crippen molar-refractivity contribution in [3.63, 3.8) is 0 Å². The Bertz CT molecular complexity index is 1490. The predicted molar refractivity (Wildman–Crippen MR) is 141 cm³/mol. The van der Waals surface area contributed by atoms with Gasteiger partial charge in [-0.05, 0) is 66.9 Å². The second-order valence-electron chi connectivity index (χ2n) is 8.12. The highest BCUT2D eigenvalue weighted by Gasteiger charge is 2.21. The van der Waals surface area contributed by atoms with Gasteiger partial charge in [0.1, 0.15) is 28.7 Å². The minimum absolute atomic E-state index is 0.232. The lowest BCUT2D eigenvalue weighted by Gasteiger charge is -2.18. The Hall–Kier alpha value is -3.94. The van der Waals surface area contributed by atoms with Crippen molar-refractivity contribution in [1.29, 1.82) is 0 Å². The lowest BCUT2D eigenvalue weighted by atomic mass is 10.0. The normalized spacial score (nSPS) is 10.6. The number of amides is 3. The highest BCUT2D eigenvalue weighted by atomic mass is 35.5. The number of nitrogens with one attached hydrogen (secondary N) is 2. The number of aryl methyl sites for hydroxylation is 1. The fourth-order valence-electron chi connectivity index (χ4n) is 3.69. The molecule has 37 heavy (non-hydrogen) atoms. The third kappa shape index (κ3) is 5.74. The molecule has 9 heteroatoms. The van der Waals surface area contributed by atoms with E-state index in [9.17, 15) is 18.4 Å². The zero-order valence-electron chi connectivity index (χ0n) is 19.7. The number of urea groups is 1. The fraction of sp³-hybridized carbons (Fsp3) is 0.0714. The van der Waals surface area contributed by atoms with E-state index in [1.807, 2.05) is 35.6 Å². The number of halogens is 4. The first-order valence-electron chi connectivity index (χ1n) is 11.0. The lowest BCUT2D eigenvalue weighted by molar-refractivity contribution is 0.0959. The summed E-state index contributed by atoms with van der Waals surface area (Å²) in [7, 11) is 0. The Balaban J connectivity index is 1.58. The monoisotopic (exact) mass is 540 g/mol. The van der Waals surface area contributed by atoms with E-state index >= 15 is 0 Å². The van der Waals surface area contributed by atoms with E-state index in [0.29, 0.717) is 27.6 Å². The van der Waals surface area contributed by atoms with Gasteiger partial charge in [-0.2, -0.15) is 0 Å². The SMILES string of the molecule is Cc1cc(NC(=O)NC(=O)c2c(F)cccc2F)c(C)c(Cl)c1Oc1ccc(Cl)cc1-c1ccccc1. The maximum absolute atomic E-state index is 13.9. The van der Waals surface area contributed by atoms with Crippen molar-refractivity contribution in [2.24, 2.45) is 0 Å². The summed E-state index contributed by atoms with van der Waals surface area (Å²) in [5, 5.41) is 5.19.